The smallest absolute Gasteiger partial charge is 0.270 e. The molecular formula is C21H15N3O5. The quantitative estimate of drug-likeness (QED) is 0.289. The number of nitriles is 1. The lowest BCUT2D eigenvalue weighted by Crippen LogP contribution is -2.13. The summed E-state index contributed by atoms with van der Waals surface area (Å²) in [6.45, 7) is 0. The highest BCUT2D eigenvalue weighted by Gasteiger charge is 2.13. The van der Waals surface area contributed by atoms with Crippen molar-refractivity contribution in [2.75, 3.05) is 12.4 Å². The first-order valence-electron chi connectivity index (χ1n) is 8.42. The number of carbonyl (C=O) groups is 1. The normalized spacial score (nSPS) is 10.8. The van der Waals surface area contributed by atoms with E-state index in [0.717, 1.165) is 0 Å². The second kappa shape index (κ2) is 8.54. The van der Waals surface area contributed by atoms with Gasteiger partial charge in [-0.25, -0.2) is 0 Å². The number of nitro groups is 1. The van der Waals surface area contributed by atoms with E-state index in [9.17, 15) is 20.2 Å². The Hall–Kier alpha value is -4.38. The molecule has 0 radical (unpaired) electrons. The molecule has 8 heteroatoms. The first-order valence-corrected chi connectivity index (χ1v) is 8.42. The van der Waals surface area contributed by atoms with Crippen LogP contribution in [-0.2, 0) is 4.79 Å². The van der Waals surface area contributed by atoms with Crippen molar-refractivity contribution in [1.82, 2.24) is 0 Å². The Morgan fingerprint density at radius 1 is 1.21 bits per heavy atom. The highest BCUT2D eigenvalue weighted by Crippen LogP contribution is 2.26. The van der Waals surface area contributed by atoms with Crippen molar-refractivity contribution in [2.45, 2.75) is 0 Å². The number of furan rings is 1. The zero-order chi connectivity index (χ0) is 20.8. The van der Waals surface area contributed by atoms with Gasteiger partial charge >= 0.3 is 0 Å². The van der Waals surface area contributed by atoms with Crippen LogP contribution in [0.3, 0.4) is 0 Å². The number of benzene rings is 2. The molecule has 1 aromatic heterocycles. The van der Waals surface area contributed by atoms with Gasteiger partial charge < -0.3 is 14.5 Å². The van der Waals surface area contributed by atoms with E-state index in [2.05, 4.69) is 5.32 Å². The molecule has 0 aliphatic carbocycles. The van der Waals surface area contributed by atoms with Gasteiger partial charge in [0, 0.05) is 29.5 Å². The Kier molecular flexibility index (Phi) is 5.71. The largest absolute Gasteiger partial charge is 0.497 e. The van der Waals surface area contributed by atoms with Crippen molar-refractivity contribution in [1.29, 1.82) is 5.26 Å². The molecule has 8 nitrogen and oxygen atoms in total. The first kappa shape index (κ1) is 19.4. The van der Waals surface area contributed by atoms with Gasteiger partial charge in [-0.05, 0) is 36.4 Å². The van der Waals surface area contributed by atoms with Gasteiger partial charge in [0.1, 0.15) is 28.9 Å². The third-order valence-electron chi connectivity index (χ3n) is 3.97. The number of anilines is 1. The molecule has 1 amide bonds. The summed E-state index contributed by atoms with van der Waals surface area (Å²) in [4.78, 5) is 22.8. The van der Waals surface area contributed by atoms with Crippen LogP contribution < -0.4 is 10.1 Å². The molecule has 0 fully saturated rings. The van der Waals surface area contributed by atoms with Crippen molar-refractivity contribution in [2.24, 2.45) is 0 Å². The molecule has 29 heavy (non-hydrogen) atoms. The minimum atomic E-state index is -0.592. The summed E-state index contributed by atoms with van der Waals surface area (Å²) in [5, 5.41) is 22.9. The topological polar surface area (TPSA) is 118 Å². The fourth-order valence-electron chi connectivity index (χ4n) is 2.52. The Bertz CT molecular complexity index is 1120. The number of methoxy groups -OCH3 is 1. The van der Waals surface area contributed by atoms with Crippen molar-refractivity contribution in [3.8, 4) is 23.1 Å². The number of hydrogen-bond acceptors (Lipinski definition) is 6. The first-order chi connectivity index (χ1) is 14.0. The molecule has 2 aromatic carbocycles. The van der Waals surface area contributed by atoms with Crippen LogP contribution in [0.2, 0.25) is 0 Å². The summed E-state index contributed by atoms with van der Waals surface area (Å²) in [6, 6.07) is 17.7. The van der Waals surface area contributed by atoms with E-state index in [1.54, 1.807) is 48.5 Å². The monoisotopic (exact) mass is 389 g/mol. The maximum absolute atomic E-state index is 12.3. The Balaban J connectivity index is 1.79. The number of nitro benzene ring substituents is 1. The molecule has 0 saturated heterocycles. The number of non-ortho nitro benzene ring substituents is 1. The van der Waals surface area contributed by atoms with Gasteiger partial charge in [-0.1, -0.05) is 12.1 Å². The predicted molar refractivity (Wildman–Crippen MR) is 106 cm³/mol. The van der Waals surface area contributed by atoms with Crippen LogP contribution in [0, 0.1) is 21.4 Å². The minimum absolute atomic E-state index is 0.0624. The van der Waals surface area contributed by atoms with Crippen molar-refractivity contribution >= 4 is 23.4 Å². The molecule has 3 rings (SSSR count). The molecule has 0 saturated carbocycles. The number of nitrogens with zero attached hydrogens (tertiary/aromatic N) is 2. The number of ether oxygens (including phenoxy) is 1. The third-order valence-corrected chi connectivity index (χ3v) is 3.97. The van der Waals surface area contributed by atoms with E-state index in [1.165, 1.54) is 25.3 Å². The van der Waals surface area contributed by atoms with Crippen LogP contribution in [0.25, 0.3) is 17.4 Å². The molecule has 1 N–H and O–H groups in total. The fraction of sp³-hybridized carbons (Fsp3) is 0.0476. The second-order valence-corrected chi connectivity index (χ2v) is 5.86. The summed E-state index contributed by atoms with van der Waals surface area (Å²) in [5.74, 6) is 0.704. The highest BCUT2D eigenvalue weighted by atomic mass is 16.6. The van der Waals surface area contributed by atoms with Crippen LogP contribution in [0.1, 0.15) is 5.76 Å². The van der Waals surface area contributed by atoms with Gasteiger partial charge in [0.05, 0.1) is 12.0 Å². The van der Waals surface area contributed by atoms with Gasteiger partial charge in [0.15, 0.2) is 0 Å². The van der Waals surface area contributed by atoms with Gasteiger partial charge in [-0.15, -0.1) is 0 Å². The second-order valence-electron chi connectivity index (χ2n) is 5.86. The average molecular weight is 389 g/mol. The Labute approximate surface area is 165 Å². The molecule has 0 aliphatic rings. The zero-order valence-electron chi connectivity index (χ0n) is 15.3. The van der Waals surface area contributed by atoms with E-state index in [0.29, 0.717) is 22.8 Å². The van der Waals surface area contributed by atoms with Crippen molar-refractivity contribution in [3.63, 3.8) is 0 Å². The minimum Gasteiger partial charge on any atom is -0.497 e. The molecule has 0 atom stereocenters. The van der Waals surface area contributed by atoms with Crippen molar-refractivity contribution in [3.05, 3.63) is 82.1 Å². The van der Waals surface area contributed by atoms with Gasteiger partial charge in [-0.3, -0.25) is 14.9 Å². The lowest BCUT2D eigenvalue weighted by Gasteiger charge is -2.05. The molecule has 144 valence electrons. The van der Waals surface area contributed by atoms with Gasteiger partial charge in [-0.2, -0.15) is 5.26 Å². The molecule has 0 unspecified atom stereocenters. The molecule has 0 bridgehead atoms. The van der Waals surface area contributed by atoms with Crippen molar-refractivity contribution < 1.29 is 18.9 Å². The molecule has 0 aliphatic heterocycles. The van der Waals surface area contributed by atoms with E-state index in [1.807, 2.05) is 6.07 Å². The predicted octanol–water partition coefficient (Wildman–Crippen LogP) is 4.41. The molecule has 3 aromatic rings. The number of rotatable bonds is 6. The number of amides is 1. The van der Waals surface area contributed by atoms with Crippen LogP contribution in [0.4, 0.5) is 11.4 Å². The van der Waals surface area contributed by atoms with Gasteiger partial charge in [0.25, 0.3) is 11.6 Å². The van der Waals surface area contributed by atoms with Gasteiger partial charge in [0.2, 0.25) is 0 Å². The summed E-state index contributed by atoms with van der Waals surface area (Å²) < 4.78 is 10.7. The van der Waals surface area contributed by atoms with Crippen LogP contribution in [0.5, 0.6) is 5.75 Å². The summed E-state index contributed by atoms with van der Waals surface area (Å²) in [7, 11) is 1.54. The zero-order valence-corrected chi connectivity index (χ0v) is 15.3. The maximum Gasteiger partial charge on any atom is 0.270 e. The van der Waals surface area contributed by atoms with E-state index < -0.39 is 10.8 Å². The lowest BCUT2D eigenvalue weighted by molar-refractivity contribution is -0.384. The van der Waals surface area contributed by atoms with Crippen LogP contribution in [-0.4, -0.2) is 17.9 Å². The van der Waals surface area contributed by atoms with E-state index in [-0.39, 0.29) is 17.0 Å². The molecule has 0 spiro atoms. The van der Waals surface area contributed by atoms with E-state index in [4.69, 9.17) is 9.15 Å². The number of nitrogens with one attached hydrogen (secondary N) is 1. The summed E-state index contributed by atoms with van der Waals surface area (Å²) >= 11 is 0. The number of carbonyl (C=O) groups excluding carboxylic acids is 1. The van der Waals surface area contributed by atoms with E-state index >= 15 is 0 Å². The highest BCUT2D eigenvalue weighted by molar-refractivity contribution is 6.09. The number of hydrogen-bond donors (Lipinski definition) is 1. The summed E-state index contributed by atoms with van der Waals surface area (Å²) in [6.07, 6.45) is 1.31. The molecular weight excluding hydrogens is 374 g/mol. The van der Waals surface area contributed by atoms with Crippen LogP contribution >= 0.6 is 0 Å². The van der Waals surface area contributed by atoms with Crippen LogP contribution in [0.15, 0.2) is 70.7 Å². The standard InChI is InChI=1S/C21H15N3O5/c1-28-18-7-5-16(6-8-18)23-21(25)15(13-22)12-19-9-10-20(29-19)14-3-2-4-17(11-14)24(26)27/h2-12H,1H3,(H,23,25)/b15-12+. The SMILES string of the molecule is COc1ccc(NC(=O)/C(C#N)=C/c2ccc(-c3cccc([N+](=O)[O-])c3)o2)cc1. The fourth-order valence-corrected chi connectivity index (χ4v) is 2.52. The average Bonchev–Trinajstić information content (AvgIpc) is 3.21. The molecule has 1 heterocycles. The Morgan fingerprint density at radius 2 is 1.97 bits per heavy atom. The summed E-state index contributed by atoms with van der Waals surface area (Å²) in [5.41, 5.74) is 0.807. The lowest BCUT2D eigenvalue weighted by atomic mass is 10.1. The maximum atomic E-state index is 12.3. The third kappa shape index (κ3) is 4.67. The Morgan fingerprint density at radius 3 is 2.62 bits per heavy atom.